The van der Waals surface area contributed by atoms with Crippen LogP contribution in [-0.2, 0) is 12.5 Å². The van der Waals surface area contributed by atoms with Gasteiger partial charge in [0.15, 0.2) is 0 Å². The normalized spacial score (nSPS) is 12.1. The highest BCUT2D eigenvalue weighted by atomic mass is 19.4. The van der Waals surface area contributed by atoms with Crippen LogP contribution in [0.5, 0.6) is 0 Å². The fraction of sp³-hybridized carbons (Fsp3) is 0.333. The Morgan fingerprint density at radius 3 is 2.35 bits per heavy atom. The summed E-state index contributed by atoms with van der Waals surface area (Å²) in [5.74, 6) is -4.92. The number of nitrogens with zero attached hydrogens (tertiary/aromatic N) is 3. The quantitative estimate of drug-likeness (QED) is 0.335. The van der Waals surface area contributed by atoms with Crippen molar-refractivity contribution in [3.05, 3.63) is 45.8 Å². The van der Waals surface area contributed by atoms with Crippen molar-refractivity contribution in [3.8, 4) is 0 Å². The second kappa shape index (κ2) is 4.58. The molecule has 0 aliphatic carbocycles. The van der Waals surface area contributed by atoms with Crippen LogP contribution < -0.4 is 0 Å². The maximum atomic E-state index is 12.9. The van der Waals surface area contributed by atoms with E-state index in [4.69, 9.17) is 5.53 Å². The molecule has 0 unspecified atom stereocenters. The Morgan fingerprint density at radius 1 is 1.18 bits per heavy atom. The maximum absolute atomic E-state index is 12.9. The van der Waals surface area contributed by atoms with Crippen molar-refractivity contribution < 1.29 is 22.0 Å². The van der Waals surface area contributed by atoms with Crippen molar-refractivity contribution in [2.75, 3.05) is 0 Å². The largest absolute Gasteiger partial charge is 0.458 e. The lowest BCUT2D eigenvalue weighted by Crippen LogP contribution is -2.33. The number of alkyl halides is 5. The van der Waals surface area contributed by atoms with Crippen molar-refractivity contribution in [2.24, 2.45) is 5.11 Å². The molecule has 0 spiro atoms. The molecular weight excluding hydrogens is 245 g/mol. The molecule has 0 heterocycles. The minimum Gasteiger partial charge on any atom is -0.191 e. The average molecular weight is 251 g/mol. The summed E-state index contributed by atoms with van der Waals surface area (Å²) in [6.45, 7) is -0.279. The third-order valence-electron chi connectivity index (χ3n) is 1.96. The molecule has 17 heavy (non-hydrogen) atoms. The number of rotatable bonds is 3. The van der Waals surface area contributed by atoms with Gasteiger partial charge in [0.05, 0.1) is 6.54 Å². The van der Waals surface area contributed by atoms with Crippen molar-refractivity contribution in [1.82, 2.24) is 0 Å². The maximum Gasteiger partial charge on any atom is 0.458 e. The predicted molar refractivity (Wildman–Crippen MR) is 49.2 cm³/mol. The lowest BCUT2D eigenvalue weighted by Gasteiger charge is -2.20. The fourth-order valence-electron chi connectivity index (χ4n) is 1.14. The molecule has 0 saturated carbocycles. The van der Waals surface area contributed by atoms with Crippen LogP contribution in [0.1, 0.15) is 11.1 Å². The van der Waals surface area contributed by atoms with Crippen LogP contribution in [0, 0.1) is 0 Å². The van der Waals surface area contributed by atoms with Gasteiger partial charge in [-0.3, -0.25) is 0 Å². The first-order valence-corrected chi connectivity index (χ1v) is 4.34. The number of halogens is 5. The number of hydrogen-bond acceptors (Lipinski definition) is 1. The molecule has 3 nitrogen and oxygen atoms in total. The third kappa shape index (κ3) is 2.85. The SMILES string of the molecule is [N-]=[N+]=NCc1cccc(C(F)(F)C(F)(F)F)c1. The number of benzene rings is 1. The molecule has 1 aromatic carbocycles. The molecule has 0 amide bonds. The van der Waals surface area contributed by atoms with E-state index in [-0.39, 0.29) is 12.1 Å². The van der Waals surface area contributed by atoms with E-state index >= 15 is 0 Å². The number of hydrogen-bond donors (Lipinski definition) is 0. The monoisotopic (exact) mass is 251 g/mol. The Labute approximate surface area is 92.5 Å². The molecule has 0 aliphatic rings. The van der Waals surface area contributed by atoms with Gasteiger partial charge in [-0.15, -0.1) is 0 Å². The summed E-state index contributed by atoms with van der Waals surface area (Å²) in [4.78, 5) is 2.39. The molecule has 0 bridgehead atoms. The van der Waals surface area contributed by atoms with E-state index in [1.165, 1.54) is 6.07 Å². The summed E-state index contributed by atoms with van der Waals surface area (Å²) in [5.41, 5.74) is 6.93. The van der Waals surface area contributed by atoms with Crippen LogP contribution >= 0.6 is 0 Å². The first-order chi connectivity index (χ1) is 7.79. The van der Waals surface area contributed by atoms with Crippen molar-refractivity contribution >= 4 is 0 Å². The van der Waals surface area contributed by atoms with E-state index in [1.807, 2.05) is 0 Å². The summed E-state index contributed by atoms with van der Waals surface area (Å²) in [7, 11) is 0. The highest BCUT2D eigenvalue weighted by Gasteiger charge is 2.58. The molecule has 0 aliphatic heterocycles. The number of azide groups is 1. The zero-order chi connectivity index (χ0) is 13.1. The highest BCUT2D eigenvalue weighted by molar-refractivity contribution is 5.28. The van der Waals surface area contributed by atoms with Crippen molar-refractivity contribution in [2.45, 2.75) is 18.6 Å². The molecule has 0 N–H and O–H groups in total. The van der Waals surface area contributed by atoms with Crippen molar-refractivity contribution in [1.29, 1.82) is 0 Å². The lowest BCUT2D eigenvalue weighted by atomic mass is 10.0. The van der Waals surface area contributed by atoms with E-state index in [2.05, 4.69) is 10.0 Å². The molecule has 0 aromatic heterocycles. The zero-order valence-electron chi connectivity index (χ0n) is 8.25. The van der Waals surface area contributed by atoms with E-state index in [0.29, 0.717) is 12.1 Å². The van der Waals surface area contributed by atoms with Gasteiger partial charge < -0.3 is 0 Å². The van der Waals surface area contributed by atoms with Gasteiger partial charge >= 0.3 is 12.1 Å². The smallest absolute Gasteiger partial charge is 0.191 e. The Kier molecular flexibility index (Phi) is 3.57. The summed E-state index contributed by atoms with van der Waals surface area (Å²) < 4.78 is 62.1. The van der Waals surface area contributed by atoms with Crippen LogP contribution in [0.3, 0.4) is 0 Å². The minimum absolute atomic E-state index is 0.0872. The van der Waals surface area contributed by atoms with Gasteiger partial charge in [0, 0.05) is 10.5 Å². The highest BCUT2D eigenvalue weighted by Crippen LogP contribution is 2.43. The van der Waals surface area contributed by atoms with Crippen LogP contribution in [-0.4, -0.2) is 6.18 Å². The third-order valence-corrected chi connectivity index (χ3v) is 1.96. The molecule has 0 fully saturated rings. The Hall–Kier alpha value is -1.82. The Bertz CT molecular complexity index is 448. The predicted octanol–water partition coefficient (Wildman–Crippen LogP) is 4.15. The molecular formula is C9H6F5N3. The van der Waals surface area contributed by atoms with Gasteiger partial charge in [-0.2, -0.15) is 22.0 Å². The van der Waals surface area contributed by atoms with E-state index in [9.17, 15) is 22.0 Å². The molecule has 1 rings (SSSR count). The Balaban J connectivity index is 3.11. The van der Waals surface area contributed by atoms with Crippen molar-refractivity contribution in [3.63, 3.8) is 0 Å². The topological polar surface area (TPSA) is 48.8 Å². The van der Waals surface area contributed by atoms with E-state index < -0.39 is 17.7 Å². The minimum atomic E-state index is -5.65. The summed E-state index contributed by atoms with van der Waals surface area (Å²) in [5, 5.41) is 3.08. The summed E-state index contributed by atoms with van der Waals surface area (Å²) >= 11 is 0. The Morgan fingerprint density at radius 2 is 1.82 bits per heavy atom. The standard InChI is InChI=1S/C9H6F5N3/c10-8(11,9(12,13)14)7-3-1-2-6(4-7)5-16-17-15/h1-4H,5H2. The average Bonchev–Trinajstić information content (AvgIpc) is 2.25. The first-order valence-electron chi connectivity index (χ1n) is 4.34. The second-order valence-electron chi connectivity index (χ2n) is 3.16. The van der Waals surface area contributed by atoms with Gasteiger partial charge in [-0.05, 0) is 17.2 Å². The van der Waals surface area contributed by atoms with Crippen LogP contribution in [0.4, 0.5) is 22.0 Å². The van der Waals surface area contributed by atoms with E-state index in [1.54, 1.807) is 0 Å². The second-order valence-corrected chi connectivity index (χ2v) is 3.16. The molecule has 0 radical (unpaired) electrons. The summed E-state index contributed by atoms with van der Waals surface area (Å²) in [6.07, 6.45) is -5.65. The lowest BCUT2D eigenvalue weighted by molar-refractivity contribution is -0.289. The van der Waals surface area contributed by atoms with Gasteiger partial charge in [0.2, 0.25) is 0 Å². The van der Waals surface area contributed by atoms with Gasteiger partial charge in [-0.25, -0.2) is 0 Å². The van der Waals surface area contributed by atoms with Gasteiger partial charge in [0.1, 0.15) is 0 Å². The van der Waals surface area contributed by atoms with Crippen LogP contribution in [0.25, 0.3) is 10.4 Å². The van der Waals surface area contributed by atoms with Crippen LogP contribution in [0.15, 0.2) is 29.4 Å². The van der Waals surface area contributed by atoms with Gasteiger partial charge in [0.25, 0.3) is 0 Å². The van der Waals surface area contributed by atoms with Gasteiger partial charge in [-0.1, -0.05) is 23.3 Å². The van der Waals surface area contributed by atoms with E-state index in [0.717, 1.165) is 6.07 Å². The van der Waals surface area contributed by atoms with Crippen LogP contribution in [0.2, 0.25) is 0 Å². The molecule has 0 atom stereocenters. The molecule has 92 valence electrons. The molecule has 0 saturated heterocycles. The zero-order valence-corrected chi connectivity index (χ0v) is 8.25. The summed E-state index contributed by atoms with van der Waals surface area (Å²) in [6, 6.07) is 3.69. The molecule has 8 heteroatoms. The molecule has 1 aromatic rings. The first kappa shape index (κ1) is 13.2. The fourth-order valence-corrected chi connectivity index (χ4v) is 1.14.